The molecule has 0 amide bonds. The van der Waals surface area contributed by atoms with Gasteiger partial charge in [-0.1, -0.05) is 23.8 Å². The molecule has 2 aromatic carbocycles. The molecule has 0 bridgehead atoms. The second-order valence-electron chi connectivity index (χ2n) is 8.15. The highest BCUT2D eigenvalue weighted by molar-refractivity contribution is 6.18. The fourth-order valence-electron chi connectivity index (χ4n) is 4.99. The Balaban J connectivity index is 1.79. The van der Waals surface area contributed by atoms with Gasteiger partial charge in [0.25, 0.3) is 0 Å². The number of pyridine rings is 1. The van der Waals surface area contributed by atoms with Gasteiger partial charge >= 0.3 is 0 Å². The fourth-order valence-corrected chi connectivity index (χ4v) is 4.99. The van der Waals surface area contributed by atoms with Crippen LogP contribution in [0.4, 0.5) is 0 Å². The lowest BCUT2D eigenvalue weighted by atomic mass is 10.0. The van der Waals surface area contributed by atoms with Crippen molar-refractivity contribution in [3.63, 3.8) is 0 Å². The van der Waals surface area contributed by atoms with Crippen LogP contribution in [0.25, 0.3) is 50.0 Å². The molecule has 6 nitrogen and oxygen atoms in total. The van der Waals surface area contributed by atoms with Gasteiger partial charge in [0.05, 0.1) is 17.4 Å². The summed E-state index contributed by atoms with van der Waals surface area (Å²) in [6.45, 7) is 6.42. The van der Waals surface area contributed by atoms with E-state index in [2.05, 4.69) is 69.5 Å². The smallest absolute Gasteiger partial charge is 0.165 e. The van der Waals surface area contributed by atoms with Crippen molar-refractivity contribution < 1.29 is 0 Å². The minimum Gasteiger partial charge on any atom is -0.295 e. The predicted molar refractivity (Wildman–Crippen MR) is 119 cm³/mol. The number of imidazole rings is 3. The third kappa shape index (κ3) is 1.73. The lowest BCUT2D eigenvalue weighted by molar-refractivity contribution is 1.07. The lowest BCUT2D eigenvalue weighted by Crippen LogP contribution is -2.02. The van der Waals surface area contributed by atoms with E-state index in [0.29, 0.717) is 0 Å². The van der Waals surface area contributed by atoms with Crippen LogP contribution in [0.5, 0.6) is 0 Å². The molecule has 0 unspecified atom stereocenters. The summed E-state index contributed by atoms with van der Waals surface area (Å²) in [6.07, 6.45) is 7.71. The molecule has 0 radical (unpaired) electrons. The molecule has 5 aromatic heterocycles. The zero-order chi connectivity index (χ0) is 20.1. The van der Waals surface area contributed by atoms with E-state index < -0.39 is 0 Å². The van der Waals surface area contributed by atoms with E-state index in [0.717, 1.165) is 50.0 Å². The average Bonchev–Trinajstić information content (AvgIpc) is 3.45. The highest BCUT2D eigenvalue weighted by Crippen LogP contribution is 2.37. The van der Waals surface area contributed by atoms with Crippen molar-refractivity contribution in [2.75, 3.05) is 0 Å². The van der Waals surface area contributed by atoms with Crippen molar-refractivity contribution >= 4 is 44.3 Å². The van der Waals surface area contributed by atoms with Crippen LogP contribution < -0.4 is 0 Å². The summed E-state index contributed by atoms with van der Waals surface area (Å²) in [5.74, 6) is 0. The lowest BCUT2D eigenvalue weighted by Gasteiger charge is -2.15. The summed E-state index contributed by atoms with van der Waals surface area (Å²) in [5.41, 5.74) is 10.8. The molecule has 0 fully saturated rings. The molecule has 144 valence electrons. The first kappa shape index (κ1) is 15.9. The third-order valence-corrected chi connectivity index (χ3v) is 6.31. The van der Waals surface area contributed by atoms with Crippen molar-refractivity contribution in [1.82, 2.24) is 28.3 Å². The van der Waals surface area contributed by atoms with Crippen LogP contribution in [0.3, 0.4) is 0 Å². The van der Waals surface area contributed by atoms with E-state index in [4.69, 9.17) is 9.97 Å². The highest BCUT2D eigenvalue weighted by atomic mass is 15.2. The van der Waals surface area contributed by atoms with Crippen LogP contribution in [0.1, 0.15) is 16.7 Å². The van der Waals surface area contributed by atoms with Crippen LogP contribution in [-0.2, 0) is 0 Å². The SMILES string of the molecule is Cc1ccc(-n2cnc3c4c(C)ccc5c6nccn6c6cnc(c32)n6c54)c(C)c1. The van der Waals surface area contributed by atoms with Crippen molar-refractivity contribution in [3.05, 3.63) is 71.9 Å². The molecule has 7 aromatic rings. The number of aromatic nitrogens is 6. The van der Waals surface area contributed by atoms with Crippen LogP contribution in [0, 0.1) is 20.8 Å². The first-order valence-corrected chi connectivity index (χ1v) is 10.0. The number of hydrogen-bond donors (Lipinski definition) is 0. The van der Waals surface area contributed by atoms with Gasteiger partial charge in [-0.05, 0) is 44.0 Å². The summed E-state index contributed by atoms with van der Waals surface area (Å²) in [6, 6.07) is 10.8. The summed E-state index contributed by atoms with van der Waals surface area (Å²) in [7, 11) is 0. The molecule has 5 heterocycles. The number of benzene rings is 2. The van der Waals surface area contributed by atoms with Gasteiger partial charge in [0.15, 0.2) is 5.65 Å². The summed E-state index contributed by atoms with van der Waals surface area (Å²) < 4.78 is 6.55. The van der Waals surface area contributed by atoms with Crippen LogP contribution in [0.15, 0.2) is 55.2 Å². The van der Waals surface area contributed by atoms with E-state index in [9.17, 15) is 0 Å². The maximum absolute atomic E-state index is 4.90. The fraction of sp³-hybridized carbons (Fsp3) is 0.125. The Morgan fingerprint density at radius 3 is 2.60 bits per heavy atom. The van der Waals surface area contributed by atoms with Gasteiger partial charge in [-0.3, -0.25) is 13.4 Å². The van der Waals surface area contributed by atoms with E-state index >= 15 is 0 Å². The van der Waals surface area contributed by atoms with E-state index in [1.807, 2.05) is 24.9 Å². The van der Waals surface area contributed by atoms with Crippen molar-refractivity contribution in [2.24, 2.45) is 0 Å². The Morgan fingerprint density at radius 2 is 1.73 bits per heavy atom. The molecule has 0 aliphatic heterocycles. The highest BCUT2D eigenvalue weighted by Gasteiger charge is 2.23. The monoisotopic (exact) mass is 390 g/mol. The first-order chi connectivity index (χ1) is 14.6. The molecule has 0 aliphatic carbocycles. The second kappa shape index (κ2) is 5.16. The minimum atomic E-state index is 0.913. The van der Waals surface area contributed by atoms with Crippen molar-refractivity contribution in [3.8, 4) is 5.69 Å². The molecular weight excluding hydrogens is 372 g/mol. The van der Waals surface area contributed by atoms with E-state index in [-0.39, 0.29) is 0 Å². The Hall–Kier alpha value is -3.93. The maximum atomic E-state index is 4.90. The molecular formula is C24H18N6. The van der Waals surface area contributed by atoms with Gasteiger partial charge in [0, 0.05) is 23.2 Å². The van der Waals surface area contributed by atoms with Gasteiger partial charge in [-0.25, -0.2) is 15.0 Å². The Labute approximate surface area is 171 Å². The third-order valence-electron chi connectivity index (χ3n) is 6.31. The first-order valence-electron chi connectivity index (χ1n) is 10.0. The van der Waals surface area contributed by atoms with Crippen molar-refractivity contribution in [2.45, 2.75) is 20.8 Å². The van der Waals surface area contributed by atoms with Crippen molar-refractivity contribution in [1.29, 1.82) is 0 Å². The molecule has 0 N–H and O–H groups in total. The Bertz CT molecular complexity index is 1780. The Kier molecular flexibility index (Phi) is 2.74. The van der Waals surface area contributed by atoms with Gasteiger partial charge in [0.1, 0.15) is 28.7 Å². The topological polar surface area (TPSA) is 52.4 Å². The molecule has 7 rings (SSSR count). The zero-order valence-electron chi connectivity index (χ0n) is 16.9. The van der Waals surface area contributed by atoms with Gasteiger partial charge < -0.3 is 0 Å². The van der Waals surface area contributed by atoms with Crippen LogP contribution in [0.2, 0.25) is 0 Å². The molecule has 0 atom stereocenters. The Morgan fingerprint density at radius 1 is 0.833 bits per heavy atom. The van der Waals surface area contributed by atoms with Gasteiger partial charge in [0.2, 0.25) is 0 Å². The summed E-state index contributed by atoms with van der Waals surface area (Å²) in [4.78, 5) is 14.4. The minimum absolute atomic E-state index is 0.913. The number of aryl methyl sites for hydroxylation is 3. The van der Waals surface area contributed by atoms with Crippen LogP contribution >= 0.6 is 0 Å². The van der Waals surface area contributed by atoms with Gasteiger partial charge in [-0.15, -0.1) is 0 Å². The zero-order valence-corrected chi connectivity index (χ0v) is 16.9. The summed E-state index contributed by atoms with van der Waals surface area (Å²) >= 11 is 0. The summed E-state index contributed by atoms with van der Waals surface area (Å²) in [5, 5.41) is 2.27. The predicted octanol–water partition coefficient (Wildman–Crippen LogP) is 4.99. The molecule has 0 spiro atoms. The standard InChI is InChI=1S/C24H18N6/c1-13-4-7-17(15(3)10-13)29-12-27-20-19-14(2)5-6-16-21(19)30-18(11-26-24(30)22(20)29)28-9-8-25-23(16)28/h4-12H,1-3H3. The molecule has 0 aliphatic rings. The number of hydrogen-bond acceptors (Lipinski definition) is 3. The number of nitrogens with zero attached hydrogens (tertiary/aromatic N) is 6. The van der Waals surface area contributed by atoms with Gasteiger partial charge in [-0.2, -0.15) is 0 Å². The maximum Gasteiger partial charge on any atom is 0.165 e. The number of fused-ring (bicyclic) bond motifs is 6. The largest absolute Gasteiger partial charge is 0.295 e. The molecule has 0 saturated carbocycles. The molecule has 30 heavy (non-hydrogen) atoms. The van der Waals surface area contributed by atoms with E-state index in [1.165, 1.54) is 16.7 Å². The van der Waals surface area contributed by atoms with Crippen LogP contribution in [-0.4, -0.2) is 28.3 Å². The quantitative estimate of drug-likeness (QED) is 0.397. The number of rotatable bonds is 1. The molecule has 6 heteroatoms. The average molecular weight is 390 g/mol. The van der Waals surface area contributed by atoms with E-state index in [1.54, 1.807) is 0 Å². The second-order valence-corrected chi connectivity index (χ2v) is 8.15. The normalized spacial score (nSPS) is 12.5. The molecule has 0 saturated heterocycles.